The average molecular weight is 354 g/mol. The summed E-state index contributed by atoms with van der Waals surface area (Å²) in [6, 6.07) is 12.4. The number of phenolic OH excluding ortho intramolecular Hbond substituents is 1. The van der Waals surface area contributed by atoms with E-state index in [4.69, 9.17) is 0 Å². The van der Waals surface area contributed by atoms with Gasteiger partial charge in [-0.25, -0.2) is 9.38 Å². The van der Waals surface area contributed by atoms with E-state index >= 15 is 0 Å². The fraction of sp³-hybridized carbons (Fsp3) is 0.0526. The zero-order valence-electron chi connectivity index (χ0n) is 13.2. The highest BCUT2D eigenvalue weighted by molar-refractivity contribution is 8.18. The molecule has 1 fully saturated rings. The van der Waals surface area contributed by atoms with Gasteiger partial charge in [0.1, 0.15) is 11.6 Å². The Balaban J connectivity index is 1.94. The highest BCUT2D eigenvalue weighted by Gasteiger charge is 2.32. The highest BCUT2D eigenvalue weighted by Crippen LogP contribution is 2.34. The summed E-state index contributed by atoms with van der Waals surface area (Å²) in [5.41, 5.74) is 1.28. The van der Waals surface area contributed by atoms with Gasteiger partial charge in [-0.1, -0.05) is 24.3 Å². The van der Waals surface area contributed by atoms with Crippen LogP contribution in [0, 0.1) is 5.82 Å². The van der Waals surface area contributed by atoms with Crippen LogP contribution >= 0.6 is 11.8 Å². The molecule has 0 unspecified atom stereocenters. The van der Waals surface area contributed by atoms with Gasteiger partial charge in [-0.15, -0.1) is 6.58 Å². The van der Waals surface area contributed by atoms with Crippen molar-refractivity contribution in [2.75, 3.05) is 6.54 Å². The number of amidine groups is 1. The highest BCUT2D eigenvalue weighted by atomic mass is 32.2. The summed E-state index contributed by atoms with van der Waals surface area (Å²) < 4.78 is 13.0. The number of nitrogens with zero attached hydrogens (tertiary/aromatic N) is 2. The summed E-state index contributed by atoms with van der Waals surface area (Å²) in [6.07, 6.45) is 3.32. The fourth-order valence-electron chi connectivity index (χ4n) is 2.26. The molecule has 1 aliphatic heterocycles. The van der Waals surface area contributed by atoms with Crippen molar-refractivity contribution in [3.05, 3.63) is 77.5 Å². The number of hydrogen-bond acceptors (Lipinski definition) is 4. The predicted molar refractivity (Wildman–Crippen MR) is 99.1 cm³/mol. The van der Waals surface area contributed by atoms with Crippen LogP contribution in [0.1, 0.15) is 5.56 Å². The maximum absolute atomic E-state index is 13.0. The van der Waals surface area contributed by atoms with Gasteiger partial charge in [0, 0.05) is 12.6 Å². The lowest BCUT2D eigenvalue weighted by Gasteiger charge is -2.12. The molecule has 1 aliphatic rings. The van der Waals surface area contributed by atoms with Gasteiger partial charge >= 0.3 is 0 Å². The summed E-state index contributed by atoms with van der Waals surface area (Å²) in [7, 11) is 0. The largest absolute Gasteiger partial charge is 0.508 e. The molecule has 0 aliphatic carbocycles. The third-order valence-corrected chi connectivity index (χ3v) is 4.43. The van der Waals surface area contributed by atoms with E-state index in [1.165, 1.54) is 34.9 Å². The van der Waals surface area contributed by atoms with Crippen molar-refractivity contribution >= 4 is 34.6 Å². The molecule has 126 valence electrons. The molecular formula is C19H15FN2O2S. The van der Waals surface area contributed by atoms with Crippen LogP contribution < -0.4 is 0 Å². The lowest BCUT2D eigenvalue weighted by molar-refractivity contribution is -0.121. The minimum Gasteiger partial charge on any atom is -0.508 e. The zero-order chi connectivity index (χ0) is 17.8. The van der Waals surface area contributed by atoms with Crippen molar-refractivity contribution in [1.29, 1.82) is 0 Å². The number of benzene rings is 2. The van der Waals surface area contributed by atoms with E-state index in [1.807, 2.05) is 0 Å². The predicted octanol–water partition coefficient (Wildman–Crippen LogP) is 4.32. The second-order valence-corrected chi connectivity index (χ2v) is 6.29. The Labute approximate surface area is 149 Å². The van der Waals surface area contributed by atoms with Crippen LogP contribution in [0.4, 0.5) is 10.1 Å². The first-order valence-electron chi connectivity index (χ1n) is 7.52. The van der Waals surface area contributed by atoms with Crippen LogP contribution in [0.25, 0.3) is 6.08 Å². The molecule has 0 atom stereocenters. The number of phenols is 1. The van der Waals surface area contributed by atoms with E-state index in [0.717, 1.165) is 5.56 Å². The average Bonchev–Trinajstić information content (AvgIpc) is 2.86. The quantitative estimate of drug-likeness (QED) is 0.657. The number of aromatic hydroxyl groups is 1. The first-order chi connectivity index (χ1) is 12.1. The van der Waals surface area contributed by atoms with Crippen molar-refractivity contribution in [2.24, 2.45) is 4.99 Å². The van der Waals surface area contributed by atoms with Gasteiger partial charge in [-0.05, 0) is 47.7 Å². The molecule has 0 bridgehead atoms. The lowest BCUT2D eigenvalue weighted by atomic mass is 10.2. The van der Waals surface area contributed by atoms with Crippen molar-refractivity contribution < 1.29 is 14.3 Å². The molecule has 1 heterocycles. The standard InChI is InChI=1S/C19H15FN2O2S/c1-2-10-22-18(24)17(11-13-6-8-14(20)9-7-13)25-19(22)21-15-4-3-5-16(23)12-15/h2-9,11-12,23H,1,10H2/b17-11-,21-19?. The molecular weight excluding hydrogens is 339 g/mol. The minimum absolute atomic E-state index is 0.105. The summed E-state index contributed by atoms with van der Waals surface area (Å²) in [6.45, 7) is 4.00. The number of hydrogen-bond donors (Lipinski definition) is 1. The lowest BCUT2D eigenvalue weighted by Crippen LogP contribution is -2.29. The summed E-state index contributed by atoms with van der Waals surface area (Å²) in [5.74, 6) is -0.409. The molecule has 0 saturated carbocycles. The smallest absolute Gasteiger partial charge is 0.267 e. The number of aliphatic imine (C=N–C) groups is 1. The van der Waals surface area contributed by atoms with E-state index in [2.05, 4.69) is 11.6 Å². The topological polar surface area (TPSA) is 52.9 Å². The Hall–Kier alpha value is -2.86. The first-order valence-corrected chi connectivity index (χ1v) is 8.34. The molecule has 1 saturated heterocycles. The van der Waals surface area contributed by atoms with E-state index in [0.29, 0.717) is 22.3 Å². The Kier molecular flexibility index (Phi) is 5.00. The summed E-state index contributed by atoms with van der Waals surface area (Å²) in [4.78, 5) is 19.1. The van der Waals surface area contributed by atoms with Crippen molar-refractivity contribution in [3.63, 3.8) is 0 Å². The maximum atomic E-state index is 13.0. The Bertz CT molecular complexity index is 875. The number of carbonyl (C=O) groups is 1. The molecule has 0 spiro atoms. The van der Waals surface area contributed by atoms with Gasteiger partial charge in [0.2, 0.25) is 0 Å². The van der Waals surface area contributed by atoms with Gasteiger partial charge in [-0.2, -0.15) is 0 Å². The molecule has 3 rings (SSSR count). The molecule has 0 radical (unpaired) electrons. The minimum atomic E-state index is -0.327. The zero-order valence-corrected chi connectivity index (χ0v) is 14.0. The fourth-order valence-corrected chi connectivity index (χ4v) is 3.27. The SMILES string of the molecule is C=CCN1C(=O)/C(=C/c2ccc(F)cc2)SC1=Nc1cccc(O)c1. The second kappa shape index (κ2) is 7.36. The van der Waals surface area contributed by atoms with Crippen LogP contribution in [0.3, 0.4) is 0 Å². The summed E-state index contributed by atoms with van der Waals surface area (Å²) in [5, 5.41) is 10.1. The molecule has 1 N–H and O–H groups in total. The number of thioether (sulfide) groups is 1. The molecule has 2 aromatic carbocycles. The second-order valence-electron chi connectivity index (χ2n) is 5.28. The van der Waals surface area contributed by atoms with Crippen molar-refractivity contribution in [1.82, 2.24) is 4.90 Å². The third-order valence-electron chi connectivity index (χ3n) is 3.42. The molecule has 4 nitrogen and oxygen atoms in total. The van der Waals surface area contributed by atoms with E-state index < -0.39 is 0 Å². The molecule has 6 heteroatoms. The number of amides is 1. The van der Waals surface area contributed by atoms with E-state index in [9.17, 15) is 14.3 Å². The molecule has 0 aromatic heterocycles. The van der Waals surface area contributed by atoms with Crippen molar-refractivity contribution in [2.45, 2.75) is 0 Å². The third kappa shape index (κ3) is 3.97. The van der Waals surface area contributed by atoms with Crippen LogP contribution in [-0.4, -0.2) is 27.6 Å². The van der Waals surface area contributed by atoms with Gasteiger partial charge in [0.15, 0.2) is 5.17 Å². The van der Waals surface area contributed by atoms with Crippen LogP contribution in [0.15, 0.2) is 71.1 Å². The van der Waals surface area contributed by atoms with Crippen LogP contribution in [0.2, 0.25) is 0 Å². The molecule has 2 aromatic rings. The first kappa shape index (κ1) is 17.0. The van der Waals surface area contributed by atoms with Gasteiger partial charge in [0.05, 0.1) is 10.6 Å². The normalized spacial score (nSPS) is 17.5. The Morgan fingerprint density at radius 2 is 2.00 bits per heavy atom. The molecule has 1 amide bonds. The van der Waals surface area contributed by atoms with Crippen molar-refractivity contribution in [3.8, 4) is 5.75 Å². The number of carbonyl (C=O) groups excluding carboxylic acids is 1. The number of halogens is 1. The van der Waals surface area contributed by atoms with E-state index in [1.54, 1.807) is 42.5 Å². The van der Waals surface area contributed by atoms with Crippen LogP contribution in [0.5, 0.6) is 5.75 Å². The Morgan fingerprint density at radius 3 is 2.68 bits per heavy atom. The van der Waals surface area contributed by atoms with E-state index in [-0.39, 0.29) is 17.5 Å². The summed E-state index contributed by atoms with van der Waals surface area (Å²) >= 11 is 1.23. The van der Waals surface area contributed by atoms with Gasteiger partial charge < -0.3 is 5.11 Å². The van der Waals surface area contributed by atoms with Gasteiger partial charge in [-0.3, -0.25) is 9.69 Å². The van der Waals surface area contributed by atoms with Crippen LogP contribution in [-0.2, 0) is 4.79 Å². The maximum Gasteiger partial charge on any atom is 0.267 e. The molecule has 25 heavy (non-hydrogen) atoms. The number of rotatable bonds is 4. The Morgan fingerprint density at radius 1 is 1.24 bits per heavy atom. The monoisotopic (exact) mass is 354 g/mol. The van der Waals surface area contributed by atoms with Gasteiger partial charge in [0.25, 0.3) is 5.91 Å².